The van der Waals surface area contributed by atoms with Crippen LogP contribution in [-0.2, 0) is 27.8 Å². The number of amides is 2. The van der Waals surface area contributed by atoms with E-state index in [1.807, 2.05) is 60.5 Å². The van der Waals surface area contributed by atoms with Gasteiger partial charge in [0.2, 0.25) is 5.91 Å². The number of nitrogens with zero attached hydrogens (tertiary/aromatic N) is 3. The summed E-state index contributed by atoms with van der Waals surface area (Å²) in [5.74, 6) is 1.17. The number of rotatable bonds is 7. The third kappa shape index (κ3) is 4.20. The second-order valence-electron chi connectivity index (χ2n) is 9.59. The number of aryl methyl sites for hydroxylation is 1. The average molecular weight is 461 g/mol. The minimum Gasteiger partial charge on any atom is -0.367 e. The molecule has 0 bridgehead atoms. The molecule has 1 N–H and O–H groups in total. The van der Waals surface area contributed by atoms with Gasteiger partial charge in [-0.05, 0) is 42.4 Å². The summed E-state index contributed by atoms with van der Waals surface area (Å²) >= 11 is 0. The van der Waals surface area contributed by atoms with Crippen molar-refractivity contribution in [2.75, 3.05) is 26.7 Å². The number of carbonyl (C=O) groups is 2. The van der Waals surface area contributed by atoms with Crippen molar-refractivity contribution in [2.24, 2.45) is 18.4 Å². The Kier molecular flexibility index (Phi) is 6.13. The van der Waals surface area contributed by atoms with Crippen LogP contribution in [0, 0.1) is 11.3 Å². The summed E-state index contributed by atoms with van der Waals surface area (Å²) in [7, 11) is 3.60. The minimum absolute atomic E-state index is 0.00709. The van der Waals surface area contributed by atoms with E-state index >= 15 is 0 Å². The van der Waals surface area contributed by atoms with E-state index in [0.717, 1.165) is 41.7 Å². The van der Waals surface area contributed by atoms with Crippen LogP contribution >= 0.6 is 0 Å². The highest BCUT2D eigenvalue weighted by Gasteiger charge is 2.58. The number of para-hydroxylation sites is 2. The first-order valence-corrected chi connectivity index (χ1v) is 12.1. The molecule has 2 fully saturated rings. The minimum atomic E-state index is -0.573. The van der Waals surface area contributed by atoms with E-state index in [-0.39, 0.29) is 23.1 Å². The third-order valence-corrected chi connectivity index (χ3v) is 7.67. The van der Waals surface area contributed by atoms with Crippen molar-refractivity contribution in [1.82, 2.24) is 19.8 Å². The lowest BCUT2D eigenvalue weighted by Crippen LogP contribution is -2.43. The van der Waals surface area contributed by atoms with Gasteiger partial charge in [0.15, 0.2) is 6.10 Å². The van der Waals surface area contributed by atoms with Crippen molar-refractivity contribution in [3.63, 3.8) is 0 Å². The Morgan fingerprint density at radius 3 is 2.53 bits per heavy atom. The SMILES string of the molecule is CO[C@H](C(=O)N1CCC2(CC1)C[C@H]2C(=O)NCCc1nc2ccccc2n1C)c1ccccc1. The fourth-order valence-corrected chi connectivity index (χ4v) is 5.46. The van der Waals surface area contributed by atoms with Crippen LogP contribution in [0.5, 0.6) is 0 Å². The lowest BCUT2D eigenvalue weighted by molar-refractivity contribution is -0.144. The molecule has 3 aromatic rings. The van der Waals surface area contributed by atoms with Crippen LogP contribution < -0.4 is 5.32 Å². The van der Waals surface area contributed by atoms with Crippen LogP contribution in [0.1, 0.15) is 36.8 Å². The molecule has 34 heavy (non-hydrogen) atoms. The summed E-state index contributed by atoms with van der Waals surface area (Å²) in [5, 5.41) is 3.13. The lowest BCUT2D eigenvalue weighted by atomic mass is 9.90. The zero-order chi connectivity index (χ0) is 23.7. The van der Waals surface area contributed by atoms with E-state index in [0.29, 0.717) is 26.1 Å². The molecule has 0 unspecified atom stereocenters. The standard InChI is InChI=1S/C27H32N4O3/c1-30-22-11-7-6-10-21(22)29-23(30)12-15-28-25(32)20-18-27(20)13-16-31(17-14-27)26(33)24(34-2)19-8-4-3-5-9-19/h3-11,20,24H,12-18H2,1-2H3,(H,28,32)/t20-,24-/m0/s1. The van der Waals surface area contributed by atoms with Crippen molar-refractivity contribution < 1.29 is 14.3 Å². The molecule has 7 nitrogen and oxygen atoms in total. The van der Waals surface area contributed by atoms with Gasteiger partial charge in [-0.1, -0.05) is 42.5 Å². The van der Waals surface area contributed by atoms with Gasteiger partial charge >= 0.3 is 0 Å². The smallest absolute Gasteiger partial charge is 0.256 e. The Labute approximate surface area is 200 Å². The van der Waals surface area contributed by atoms with Gasteiger partial charge in [-0.2, -0.15) is 0 Å². The molecule has 7 heteroatoms. The Bertz CT molecular complexity index is 1180. The fraction of sp³-hybridized carbons (Fsp3) is 0.444. The van der Waals surface area contributed by atoms with E-state index in [1.165, 1.54) is 0 Å². The molecule has 1 aliphatic carbocycles. The van der Waals surface area contributed by atoms with Crippen LogP contribution in [0.3, 0.4) is 0 Å². The predicted octanol–water partition coefficient (Wildman–Crippen LogP) is 3.25. The molecule has 2 heterocycles. The van der Waals surface area contributed by atoms with Crippen molar-refractivity contribution in [1.29, 1.82) is 0 Å². The number of methoxy groups -OCH3 is 1. The molecule has 2 aromatic carbocycles. The second-order valence-corrected chi connectivity index (χ2v) is 9.59. The van der Waals surface area contributed by atoms with Crippen LogP contribution in [0.2, 0.25) is 0 Å². The average Bonchev–Trinajstić information content (AvgIpc) is 3.47. The number of piperidine rings is 1. The Balaban J connectivity index is 1.11. The van der Waals surface area contributed by atoms with E-state index in [1.54, 1.807) is 7.11 Å². The molecule has 178 valence electrons. The normalized spacial score (nSPS) is 19.8. The van der Waals surface area contributed by atoms with Gasteiger partial charge in [0, 0.05) is 46.1 Å². The topological polar surface area (TPSA) is 76.5 Å². The maximum Gasteiger partial charge on any atom is 0.256 e. The molecule has 1 saturated heterocycles. The number of aromatic nitrogens is 2. The highest BCUT2D eigenvalue weighted by atomic mass is 16.5. The number of benzene rings is 2. The molecular weight excluding hydrogens is 428 g/mol. The molecule has 0 radical (unpaired) electrons. The van der Waals surface area contributed by atoms with Gasteiger partial charge in [-0.15, -0.1) is 0 Å². The number of nitrogens with one attached hydrogen (secondary N) is 1. The molecule has 5 rings (SSSR count). The number of ether oxygens (including phenoxy) is 1. The largest absolute Gasteiger partial charge is 0.367 e. The Morgan fingerprint density at radius 1 is 1.12 bits per heavy atom. The molecular formula is C27H32N4O3. The molecule has 1 aromatic heterocycles. The van der Waals surface area contributed by atoms with Crippen LogP contribution in [-0.4, -0.2) is 53.0 Å². The monoisotopic (exact) mass is 460 g/mol. The molecule has 1 spiro atoms. The third-order valence-electron chi connectivity index (χ3n) is 7.67. The zero-order valence-corrected chi connectivity index (χ0v) is 19.9. The van der Waals surface area contributed by atoms with Gasteiger partial charge in [0.05, 0.1) is 11.0 Å². The van der Waals surface area contributed by atoms with E-state index in [2.05, 4.69) is 20.9 Å². The van der Waals surface area contributed by atoms with E-state index in [4.69, 9.17) is 4.74 Å². The number of fused-ring (bicyclic) bond motifs is 1. The quantitative estimate of drug-likeness (QED) is 0.587. The summed E-state index contributed by atoms with van der Waals surface area (Å²) in [6.07, 6.45) is 2.78. The predicted molar refractivity (Wildman–Crippen MR) is 130 cm³/mol. The van der Waals surface area contributed by atoms with Crippen LogP contribution in [0.4, 0.5) is 0 Å². The summed E-state index contributed by atoms with van der Waals surface area (Å²) in [4.78, 5) is 32.5. The maximum atomic E-state index is 13.1. The van der Waals surface area contributed by atoms with Gasteiger partial charge in [0.25, 0.3) is 5.91 Å². The highest BCUT2D eigenvalue weighted by Crippen LogP contribution is 2.59. The summed E-state index contributed by atoms with van der Waals surface area (Å²) < 4.78 is 7.62. The fourth-order valence-electron chi connectivity index (χ4n) is 5.46. The van der Waals surface area contributed by atoms with Crippen molar-refractivity contribution in [3.8, 4) is 0 Å². The van der Waals surface area contributed by atoms with Gasteiger partial charge in [-0.25, -0.2) is 4.98 Å². The maximum absolute atomic E-state index is 13.1. The lowest BCUT2D eigenvalue weighted by Gasteiger charge is -2.34. The van der Waals surface area contributed by atoms with Crippen molar-refractivity contribution >= 4 is 22.8 Å². The summed E-state index contributed by atoms with van der Waals surface area (Å²) in [6.45, 7) is 1.93. The second kappa shape index (κ2) is 9.22. The molecule has 1 saturated carbocycles. The number of hydrogen-bond donors (Lipinski definition) is 1. The van der Waals surface area contributed by atoms with Crippen LogP contribution in [0.25, 0.3) is 11.0 Å². The van der Waals surface area contributed by atoms with Crippen LogP contribution in [0.15, 0.2) is 54.6 Å². The van der Waals surface area contributed by atoms with Gasteiger partial charge in [0.1, 0.15) is 5.82 Å². The molecule has 2 amide bonds. The highest BCUT2D eigenvalue weighted by molar-refractivity contribution is 5.84. The Hall–Kier alpha value is -3.19. The number of carbonyl (C=O) groups excluding carboxylic acids is 2. The van der Waals surface area contributed by atoms with Gasteiger partial charge < -0.3 is 19.5 Å². The number of likely N-dealkylation sites (tertiary alicyclic amines) is 1. The van der Waals surface area contributed by atoms with Crippen molar-refractivity contribution in [3.05, 3.63) is 66.0 Å². The molecule has 1 aliphatic heterocycles. The summed E-state index contributed by atoms with van der Waals surface area (Å²) in [5.41, 5.74) is 3.01. The molecule has 2 atom stereocenters. The number of hydrogen-bond acceptors (Lipinski definition) is 4. The Morgan fingerprint density at radius 2 is 1.82 bits per heavy atom. The van der Waals surface area contributed by atoms with Gasteiger partial charge in [-0.3, -0.25) is 9.59 Å². The molecule has 2 aliphatic rings. The number of imidazole rings is 1. The zero-order valence-electron chi connectivity index (χ0n) is 19.9. The van der Waals surface area contributed by atoms with E-state index in [9.17, 15) is 9.59 Å². The van der Waals surface area contributed by atoms with E-state index < -0.39 is 6.10 Å². The first kappa shape index (κ1) is 22.6. The van der Waals surface area contributed by atoms with Crippen molar-refractivity contribution in [2.45, 2.75) is 31.8 Å². The summed E-state index contributed by atoms with van der Waals surface area (Å²) in [6, 6.07) is 17.7. The first-order chi connectivity index (χ1) is 16.5. The first-order valence-electron chi connectivity index (χ1n) is 12.1.